The van der Waals surface area contributed by atoms with Crippen LogP contribution in [-0.2, 0) is 6.42 Å². The number of hydrogen-bond donors (Lipinski definition) is 0. The molecule has 78 valence electrons. The van der Waals surface area contributed by atoms with Crippen molar-refractivity contribution in [2.75, 3.05) is 27.2 Å². The molecule has 1 aromatic carbocycles. The first kappa shape index (κ1) is 11.1. The number of para-hydroxylation sites is 1. The molecular weight excluding hydrogens is 174 g/mol. The largest absolute Gasteiger partial charge is 0.496 e. The van der Waals surface area contributed by atoms with Gasteiger partial charge in [-0.3, -0.25) is 0 Å². The minimum atomic E-state index is 0.997. The zero-order valence-electron chi connectivity index (χ0n) is 9.29. The zero-order chi connectivity index (χ0) is 10.4. The Morgan fingerprint density at radius 1 is 1.29 bits per heavy atom. The van der Waals surface area contributed by atoms with Gasteiger partial charge < -0.3 is 9.64 Å². The van der Waals surface area contributed by atoms with Crippen molar-refractivity contribution in [2.45, 2.75) is 13.3 Å². The van der Waals surface area contributed by atoms with Gasteiger partial charge in [0.1, 0.15) is 5.75 Å². The summed E-state index contributed by atoms with van der Waals surface area (Å²) in [5, 5.41) is 0. The first-order valence-corrected chi connectivity index (χ1v) is 5.08. The van der Waals surface area contributed by atoms with Crippen molar-refractivity contribution < 1.29 is 4.74 Å². The van der Waals surface area contributed by atoms with Crippen molar-refractivity contribution in [3.63, 3.8) is 0 Å². The lowest BCUT2D eigenvalue weighted by molar-refractivity contribution is 0.352. The molecule has 0 saturated heterocycles. The molecule has 0 fully saturated rings. The fourth-order valence-electron chi connectivity index (χ4n) is 1.38. The van der Waals surface area contributed by atoms with Gasteiger partial charge in [-0.05, 0) is 31.6 Å². The highest BCUT2D eigenvalue weighted by Gasteiger charge is 2.02. The fourth-order valence-corrected chi connectivity index (χ4v) is 1.38. The SMILES string of the molecule is CCN(C)CCc1ccccc1OC. The van der Waals surface area contributed by atoms with Crippen LogP contribution >= 0.6 is 0 Å². The molecule has 1 aromatic rings. The van der Waals surface area contributed by atoms with E-state index in [1.807, 2.05) is 12.1 Å². The normalized spacial score (nSPS) is 10.6. The summed E-state index contributed by atoms with van der Waals surface area (Å²) in [7, 11) is 3.86. The number of hydrogen-bond acceptors (Lipinski definition) is 2. The Labute approximate surface area is 86.5 Å². The standard InChI is InChI=1S/C12H19NO/c1-4-13(2)10-9-11-7-5-6-8-12(11)14-3/h5-8H,4,9-10H2,1-3H3. The molecule has 0 aromatic heterocycles. The van der Waals surface area contributed by atoms with Gasteiger partial charge in [0.15, 0.2) is 0 Å². The maximum atomic E-state index is 5.29. The molecule has 14 heavy (non-hydrogen) atoms. The van der Waals surface area contributed by atoms with Crippen LogP contribution in [0.1, 0.15) is 12.5 Å². The number of ether oxygens (including phenoxy) is 1. The van der Waals surface area contributed by atoms with Gasteiger partial charge in [-0.1, -0.05) is 25.1 Å². The monoisotopic (exact) mass is 193 g/mol. The second kappa shape index (κ2) is 5.66. The van der Waals surface area contributed by atoms with E-state index in [1.54, 1.807) is 7.11 Å². The minimum Gasteiger partial charge on any atom is -0.496 e. The van der Waals surface area contributed by atoms with E-state index in [4.69, 9.17) is 4.74 Å². The Morgan fingerprint density at radius 2 is 2.00 bits per heavy atom. The lowest BCUT2D eigenvalue weighted by atomic mass is 10.1. The average Bonchev–Trinajstić information content (AvgIpc) is 2.26. The van der Waals surface area contributed by atoms with Crippen molar-refractivity contribution in [1.82, 2.24) is 4.90 Å². The summed E-state index contributed by atoms with van der Waals surface area (Å²) in [5.41, 5.74) is 1.29. The van der Waals surface area contributed by atoms with Gasteiger partial charge in [0.25, 0.3) is 0 Å². The summed E-state index contributed by atoms with van der Waals surface area (Å²) < 4.78 is 5.29. The highest BCUT2D eigenvalue weighted by molar-refractivity contribution is 5.33. The number of methoxy groups -OCH3 is 1. The third-order valence-electron chi connectivity index (χ3n) is 2.50. The van der Waals surface area contributed by atoms with Crippen molar-refractivity contribution in [3.05, 3.63) is 29.8 Å². The molecule has 0 saturated carbocycles. The van der Waals surface area contributed by atoms with E-state index in [1.165, 1.54) is 5.56 Å². The summed E-state index contributed by atoms with van der Waals surface area (Å²) >= 11 is 0. The lowest BCUT2D eigenvalue weighted by Crippen LogP contribution is -2.20. The molecule has 1 rings (SSSR count). The van der Waals surface area contributed by atoms with Crippen LogP contribution in [0.5, 0.6) is 5.75 Å². The molecule has 0 atom stereocenters. The topological polar surface area (TPSA) is 12.5 Å². The first-order chi connectivity index (χ1) is 6.77. The summed E-state index contributed by atoms with van der Waals surface area (Å²) in [6, 6.07) is 8.21. The summed E-state index contributed by atoms with van der Waals surface area (Å²) in [6.45, 7) is 4.34. The van der Waals surface area contributed by atoms with E-state index in [-0.39, 0.29) is 0 Å². The maximum Gasteiger partial charge on any atom is 0.122 e. The average molecular weight is 193 g/mol. The molecule has 0 unspecified atom stereocenters. The molecule has 2 nitrogen and oxygen atoms in total. The van der Waals surface area contributed by atoms with Crippen molar-refractivity contribution in [3.8, 4) is 5.75 Å². The van der Waals surface area contributed by atoms with Crippen LogP contribution in [0.3, 0.4) is 0 Å². The summed E-state index contributed by atoms with van der Waals surface area (Å²) in [5.74, 6) is 0.997. The Bertz CT molecular complexity index is 273. The maximum absolute atomic E-state index is 5.29. The fraction of sp³-hybridized carbons (Fsp3) is 0.500. The zero-order valence-corrected chi connectivity index (χ0v) is 9.29. The highest BCUT2D eigenvalue weighted by atomic mass is 16.5. The number of likely N-dealkylation sites (N-methyl/N-ethyl adjacent to an activating group) is 1. The van der Waals surface area contributed by atoms with Crippen LogP contribution in [0.15, 0.2) is 24.3 Å². The number of benzene rings is 1. The second-order valence-electron chi connectivity index (χ2n) is 3.46. The van der Waals surface area contributed by atoms with Gasteiger partial charge in [0, 0.05) is 6.54 Å². The lowest BCUT2D eigenvalue weighted by Gasteiger charge is -2.14. The molecule has 0 spiro atoms. The van der Waals surface area contributed by atoms with Gasteiger partial charge in [0.2, 0.25) is 0 Å². The molecule has 2 heteroatoms. The van der Waals surface area contributed by atoms with Crippen LogP contribution in [0.25, 0.3) is 0 Å². The van der Waals surface area contributed by atoms with Crippen LogP contribution in [0.2, 0.25) is 0 Å². The molecule has 0 aliphatic carbocycles. The van der Waals surface area contributed by atoms with Gasteiger partial charge in [-0.15, -0.1) is 0 Å². The van der Waals surface area contributed by atoms with E-state index in [9.17, 15) is 0 Å². The highest BCUT2D eigenvalue weighted by Crippen LogP contribution is 2.17. The summed E-state index contributed by atoms with van der Waals surface area (Å²) in [6.07, 6.45) is 1.05. The Balaban J connectivity index is 2.57. The molecule has 0 bridgehead atoms. The van der Waals surface area contributed by atoms with Crippen molar-refractivity contribution >= 4 is 0 Å². The number of rotatable bonds is 5. The van der Waals surface area contributed by atoms with Crippen molar-refractivity contribution in [2.24, 2.45) is 0 Å². The van der Waals surface area contributed by atoms with Crippen LogP contribution in [-0.4, -0.2) is 32.1 Å². The van der Waals surface area contributed by atoms with Gasteiger partial charge >= 0.3 is 0 Å². The third-order valence-corrected chi connectivity index (χ3v) is 2.50. The Kier molecular flexibility index (Phi) is 4.47. The van der Waals surface area contributed by atoms with E-state index in [2.05, 4.69) is 31.0 Å². The van der Waals surface area contributed by atoms with E-state index >= 15 is 0 Å². The molecule has 0 N–H and O–H groups in total. The van der Waals surface area contributed by atoms with E-state index in [0.29, 0.717) is 0 Å². The quantitative estimate of drug-likeness (QED) is 0.710. The smallest absolute Gasteiger partial charge is 0.122 e. The van der Waals surface area contributed by atoms with Crippen molar-refractivity contribution in [1.29, 1.82) is 0 Å². The molecule has 0 aliphatic heterocycles. The third kappa shape index (κ3) is 3.04. The molecule has 0 radical (unpaired) electrons. The Hall–Kier alpha value is -1.02. The van der Waals surface area contributed by atoms with Gasteiger partial charge in [-0.2, -0.15) is 0 Å². The molecule has 0 amide bonds. The minimum absolute atomic E-state index is 0.997. The van der Waals surface area contributed by atoms with Crippen LogP contribution in [0.4, 0.5) is 0 Å². The predicted molar refractivity (Wildman–Crippen MR) is 59.9 cm³/mol. The second-order valence-corrected chi connectivity index (χ2v) is 3.46. The molecule has 0 heterocycles. The van der Waals surface area contributed by atoms with E-state index in [0.717, 1.165) is 25.3 Å². The van der Waals surface area contributed by atoms with Gasteiger partial charge in [-0.25, -0.2) is 0 Å². The first-order valence-electron chi connectivity index (χ1n) is 5.08. The molecule has 0 aliphatic rings. The van der Waals surface area contributed by atoms with Gasteiger partial charge in [0.05, 0.1) is 7.11 Å². The van der Waals surface area contributed by atoms with E-state index < -0.39 is 0 Å². The van der Waals surface area contributed by atoms with Crippen LogP contribution < -0.4 is 4.74 Å². The van der Waals surface area contributed by atoms with Crippen LogP contribution in [0, 0.1) is 0 Å². The number of nitrogens with zero attached hydrogens (tertiary/aromatic N) is 1. The predicted octanol–water partition coefficient (Wildman–Crippen LogP) is 2.19. The Morgan fingerprint density at radius 3 is 2.64 bits per heavy atom. The summed E-state index contributed by atoms with van der Waals surface area (Å²) in [4.78, 5) is 2.30. The molecular formula is C12H19NO.